The van der Waals surface area contributed by atoms with Crippen LogP contribution in [0.25, 0.3) is 0 Å². The van der Waals surface area contributed by atoms with E-state index in [1.54, 1.807) is 18.2 Å². The van der Waals surface area contributed by atoms with Crippen molar-refractivity contribution in [1.29, 1.82) is 0 Å². The molecule has 0 spiro atoms. The van der Waals surface area contributed by atoms with E-state index in [2.05, 4.69) is 5.32 Å². The summed E-state index contributed by atoms with van der Waals surface area (Å²) in [6.07, 6.45) is 0. The number of amides is 1. The maximum absolute atomic E-state index is 13.2. The van der Waals surface area contributed by atoms with Crippen molar-refractivity contribution in [2.75, 3.05) is 33.3 Å². The van der Waals surface area contributed by atoms with Crippen LogP contribution in [0.15, 0.2) is 54.6 Å². The van der Waals surface area contributed by atoms with Crippen LogP contribution in [-0.4, -0.2) is 39.8 Å². The van der Waals surface area contributed by atoms with Gasteiger partial charge in [0.2, 0.25) is 0 Å². The summed E-state index contributed by atoms with van der Waals surface area (Å²) in [6.45, 7) is 4.53. The van der Waals surface area contributed by atoms with E-state index in [1.165, 1.54) is 33.5 Å². The van der Waals surface area contributed by atoms with Gasteiger partial charge in [-0.25, -0.2) is 4.79 Å². The fraction of sp³-hybridized carbons (Fsp3) is 0.259. The van der Waals surface area contributed by atoms with Crippen molar-refractivity contribution in [3.8, 4) is 23.0 Å². The second-order valence-corrected chi connectivity index (χ2v) is 7.51. The van der Waals surface area contributed by atoms with Crippen LogP contribution in [-0.2, 0) is 11.3 Å². The van der Waals surface area contributed by atoms with Gasteiger partial charge in [-0.1, -0.05) is 18.2 Å². The Morgan fingerprint density at radius 2 is 1.54 bits per heavy atom. The van der Waals surface area contributed by atoms with Crippen molar-refractivity contribution in [1.82, 2.24) is 0 Å². The quantitative estimate of drug-likeness (QED) is 0.408. The summed E-state index contributed by atoms with van der Waals surface area (Å²) in [6, 6.07) is 15.7. The second kappa shape index (κ2) is 11.8. The highest BCUT2D eigenvalue weighted by Crippen LogP contribution is 2.34. The Morgan fingerprint density at radius 3 is 2.20 bits per heavy atom. The van der Waals surface area contributed by atoms with E-state index >= 15 is 0 Å². The summed E-state index contributed by atoms with van der Waals surface area (Å²) in [5, 5.41) is 2.77. The van der Waals surface area contributed by atoms with Gasteiger partial charge in [-0.05, 0) is 43.7 Å². The Morgan fingerprint density at radius 1 is 0.829 bits per heavy atom. The molecule has 0 atom stereocenters. The molecular formula is C27H29NO7. The van der Waals surface area contributed by atoms with Crippen LogP contribution in [0.3, 0.4) is 0 Å². The minimum atomic E-state index is -0.625. The number of esters is 1. The Balaban J connectivity index is 1.91. The lowest BCUT2D eigenvalue weighted by atomic mass is 10.1. The van der Waals surface area contributed by atoms with Crippen molar-refractivity contribution >= 4 is 17.6 Å². The van der Waals surface area contributed by atoms with Gasteiger partial charge in [0, 0.05) is 23.3 Å². The molecular weight excluding hydrogens is 450 g/mol. The first kappa shape index (κ1) is 25.4. The molecule has 0 heterocycles. The number of carbonyl (C=O) groups excluding carboxylic acids is 2. The fourth-order valence-corrected chi connectivity index (χ4v) is 3.46. The van der Waals surface area contributed by atoms with Gasteiger partial charge in [-0.15, -0.1) is 0 Å². The first-order valence-electron chi connectivity index (χ1n) is 11.0. The van der Waals surface area contributed by atoms with Crippen LogP contribution in [0.1, 0.15) is 38.8 Å². The Bertz CT molecular complexity index is 1210. The van der Waals surface area contributed by atoms with Gasteiger partial charge < -0.3 is 29.0 Å². The predicted octanol–water partition coefficient (Wildman–Crippen LogP) is 5.03. The molecule has 8 nitrogen and oxygen atoms in total. The molecule has 8 heteroatoms. The van der Waals surface area contributed by atoms with E-state index in [9.17, 15) is 9.59 Å². The molecule has 0 saturated carbocycles. The van der Waals surface area contributed by atoms with E-state index in [-0.39, 0.29) is 17.9 Å². The molecule has 0 unspecified atom stereocenters. The van der Waals surface area contributed by atoms with Crippen LogP contribution < -0.4 is 24.3 Å². The molecule has 3 rings (SSSR count). The van der Waals surface area contributed by atoms with Gasteiger partial charge in [0.25, 0.3) is 5.91 Å². The molecule has 0 aliphatic heterocycles. The number of para-hydroxylation sites is 1. The number of anilines is 1. The number of hydrogen-bond donors (Lipinski definition) is 1. The summed E-state index contributed by atoms with van der Waals surface area (Å²) in [5.74, 6) is 1.01. The average molecular weight is 480 g/mol. The molecule has 0 radical (unpaired) electrons. The molecule has 3 aromatic rings. The van der Waals surface area contributed by atoms with Gasteiger partial charge in [-0.3, -0.25) is 4.79 Å². The minimum absolute atomic E-state index is 0.132. The van der Waals surface area contributed by atoms with Crippen molar-refractivity contribution in [3.05, 3.63) is 76.9 Å². The smallest absolute Gasteiger partial charge is 0.340 e. The van der Waals surface area contributed by atoms with E-state index in [0.717, 1.165) is 11.3 Å². The molecule has 1 N–H and O–H groups in total. The number of ether oxygens (including phenoxy) is 5. The lowest BCUT2D eigenvalue weighted by molar-refractivity contribution is 0.0601. The number of rotatable bonds is 10. The van der Waals surface area contributed by atoms with Crippen LogP contribution in [0.4, 0.5) is 5.69 Å². The largest absolute Gasteiger partial charge is 0.493 e. The summed E-state index contributed by atoms with van der Waals surface area (Å²) in [7, 11) is 4.18. The number of hydrogen-bond acceptors (Lipinski definition) is 7. The van der Waals surface area contributed by atoms with Gasteiger partial charge >= 0.3 is 5.97 Å². The Hall–Kier alpha value is -4.20. The SMILES string of the molecule is CCOc1ccc(C(=O)Nc2cc(OC)c(OC)cc2C(=O)OC)cc1COc1ccccc1C. The molecule has 0 aliphatic carbocycles. The van der Waals surface area contributed by atoms with Crippen LogP contribution in [0.2, 0.25) is 0 Å². The average Bonchev–Trinajstić information content (AvgIpc) is 2.88. The summed E-state index contributed by atoms with van der Waals surface area (Å²) < 4.78 is 27.2. The van der Waals surface area contributed by atoms with Crippen molar-refractivity contribution in [2.45, 2.75) is 20.5 Å². The first-order valence-corrected chi connectivity index (χ1v) is 11.0. The van der Waals surface area contributed by atoms with Crippen molar-refractivity contribution in [2.24, 2.45) is 0 Å². The van der Waals surface area contributed by atoms with Crippen LogP contribution in [0, 0.1) is 6.92 Å². The number of benzene rings is 3. The Labute approximate surface area is 204 Å². The van der Waals surface area contributed by atoms with Gasteiger partial charge in [0.05, 0.1) is 39.2 Å². The van der Waals surface area contributed by atoms with Gasteiger partial charge in [-0.2, -0.15) is 0 Å². The molecule has 184 valence electrons. The van der Waals surface area contributed by atoms with Crippen molar-refractivity contribution < 1.29 is 33.3 Å². The Kier molecular flexibility index (Phi) is 8.56. The zero-order valence-corrected chi connectivity index (χ0v) is 20.5. The standard InChI is InChI=1S/C27H29NO7/c1-6-34-23-12-11-18(13-19(23)16-35-22-10-8-7-9-17(22)2)26(29)28-21-15-25(32-4)24(31-3)14-20(21)27(30)33-5/h7-15H,6,16H2,1-5H3,(H,28,29). The number of aryl methyl sites for hydroxylation is 1. The molecule has 1 amide bonds. The normalized spacial score (nSPS) is 10.3. The van der Waals surface area contributed by atoms with Crippen LogP contribution >= 0.6 is 0 Å². The zero-order chi connectivity index (χ0) is 25.4. The monoisotopic (exact) mass is 479 g/mol. The van der Waals surface area contributed by atoms with E-state index in [0.29, 0.717) is 35.0 Å². The molecule has 0 fully saturated rings. The third-order valence-corrected chi connectivity index (χ3v) is 5.28. The summed E-state index contributed by atoms with van der Waals surface area (Å²) in [5.41, 5.74) is 2.44. The van der Waals surface area contributed by atoms with Crippen molar-refractivity contribution in [3.63, 3.8) is 0 Å². The highest BCUT2D eigenvalue weighted by molar-refractivity contribution is 6.08. The highest BCUT2D eigenvalue weighted by atomic mass is 16.5. The van der Waals surface area contributed by atoms with Gasteiger partial charge in [0.15, 0.2) is 11.5 Å². The molecule has 0 aliphatic rings. The lowest BCUT2D eigenvalue weighted by Crippen LogP contribution is -2.16. The molecule has 0 saturated heterocycles. The van der Waals surface area contributed by atoms with E-state index in [4.69, 9.17) is 23.7 Å². The molecule has 35 heavy (non-hydrogen) atoms. The maximum atomic E-state index is 13.2. The third kappa shape index (κ3) is 6.03. The van der Waals surface area contributed by atoms with Crippen LogP contribution in [0.5, 0.6) is 23.0 Å². The van der Waals surface area contributed by atoms with E-state index in [1.807, 2.05) is 38.1 Å². The maximum Gasteiger partial charge on any atom is 0.340 e. The number of methoxy groups -OCH3 is 3. The number of carbonyl (C=O) groups is 2. The topological polar surface area (TPSA) is 92.3 Å². The summed E-state index contributed by atoms with van der Waals surface area (Å²) >= 11 is 0. The lowest BCUT2D eigenvalue weighted by Gasteiger charge is -2.16. The predicted molar refractivity (Wildman–Crippen MR) is 132 cm³/mol. The minimum Gasteiger partial charge on any atom is -0.493 e. The molecule has 0 aromatic heterocycles. The number of nitrogens with one attached hydrogen (secondary N) is 1. The molecule has 0 bridgehead atoms. The third-order valence-electron chi connectivity index (χ3n) is 5.28. The van der Waals surface area contributed by atoms with E-state index < -0.39 is 11.9 Å². The van der Waals surface area contributed by atoms with Gasteiger partial charge in [0.1, 0.15) is 18.1 Å². The fourth-order valence-electron chi connectivity index (χ4n) is 3.46. The summed E-state index contributed by atoms with van der Waals surface area (Å²) in [4.78, 5) is 25.5. The highest BCUT2D eigenvalue weighted by Gasteiger charge is 2.20. The molecule has 3 aromatic carbocycles. The first-order chi connectivity index (χ1) is 16.9. The second-order valence-electron chi connectivity index (χ2n) is 7.51. The zero-order valence-electron chi connectivity index (χ0n) is 20.5.